The van der Waals surface area contributed by atoms with E-state index in [-0.39, 0.29) is 11.7 Å². The molecule has 10 nitrogen and oxygen atoms in total. The molecule has 0 aliphatic carbocycles. The van der Waals surface area contributed by atoms with Crippen LogP contribution in [-0.4, -0.2) is 89.2 Å². The monoisotopic (exact) mass is 507 g/mol. The minimum atomic E-state index is -0.928. The van der Waals surface area contributed by atoms with Crippen molar-refractivity contribution in [1.29, 1.82) is 0 Å². The lowest BCUT2D eigenvalue weighted by atomic mass is 10.1. The van der Waals surface area contributed by atoms with Crippen LogP contribution in [0.5, 0.6) is 5.88 Å². The number of pyridine rings is 1. The second-order valence-corrected chi connectivity index (χ2v) is 10.1. The number of hydrogen-bond donors (Lipinski definition) is 1. The highest BCUT2D eigenvalue weighted by molar-refractivity contribution is 5.92. The number of imidazole rings is 1. The number of ether oxygens (including phenoxy) is 3. The molecule has 2 aromatic heterocycles. The Bertz CT molecular complexity index is 1250. The van der Waals surface area contributed by atoms with Gasteiger partial charge < -0.3 is 28.8 Å². The van der Waals surface area contributed by atoms with Crippen molar-refractivity contribution >= 4 is 22.8 Å². The van der Waals surface area contributed by atoms with Crippen molar-refractivity contribution in [1.82, 2.24) is 19.4 Å². The fourth-order valence-corrected chi connectivity index (χ4v) is 5.04. The standard InChI is InChI=1S/C27H33N5O5/c33-27(34)20-4-5-22-23(14-20)32(15-21-7-13-36-21)25(28-22)16-30-8-10-31(11-9-30)24-2-1-3-26(29-24)37-12-6-19-17-35-18-19/h1-5,14,19,21H,6-13,15-18H2,(H,33,34). The smallest absolute Gasteiger partial charge is 0.335 e. The molecule has 1 N–H and O–H groups in total. The molecule has 0 bridgehead atoms. The number of carbonyl (C=O) groups is 1. The number of aromatic nitrogens is 3. The molecule has 10 heteroatoms. The molecule has 1 atom stereocenters. The normalized spacial score (nSPS) is 20.5. The molecule has 0 amide bonds. The van der Waals surface area contributed by atoms with Gasteiger partial charge in [-0.2, -0.15) is 4.98 Å². The Morgan fingerprint density at radius 1 is 1.11 bits per heavy atom. The van der Waals surface area contributed by atoms with Crippen LogP contribution in [0.25, 0.3) is 11.0 Å². The van der Waals surface area contributed by atoms with Crippen LogP contribution in [0, 0.1) is 5.92 Å². The second kappa shape index (κ2) is 10.6. The summed E-state index contributed by atoms with van der Waals surface area (Å²) in [5.74, 6) is 2.26. The van der Waals surface area contributed by atoms with Gasteiger partial charge in [-0.25, -0.2) is 9.78 Å². The summed E-state index contributed by atoms with van der Waals surface area (Å²) in [5.41, 5.74) is 1.96. The molecule has 6 rings (SSSR count). The Balaban J connectivity index is 1.10. The van der Waals surface area contributed by atoms with Crippen LogP contribution >= 0.6 is 0 Å². The highest BCUT2D eigenvalue weighted by Gasteiger charge is 2.25. The van der Waals surface area contributed by atoms with Crippen molar-refractivity contribution in [2.24, 2.45) is 5.92 Å². The van der Waals surface area contributed by atoms with E-state index in [0.29, 0.717) is 31.5 Å². The van der Waals surface area contributed by atoms with Crippen LogP contribution in [-0.2, 0) is 22.6 Å². The number of hydrogen-bond acceptors (Lipinski definition) is 8. The van der Waals surface area contributed by atoms with Gasteiger partial charge in [-0.15, -0.1) is 0 Å². The number of piperazine rings is 1. The van der Waals surface area contributed by atoms with Crippen molar-refractivity contribution in [2.45, 2.75) is 32.0 Å². The molecule has 5 heterocycles. The summed E-state index contributed by atoms with van der Waals surface area (Å²) in [6.45, 7) is 8.04. The van der Waals surface area contributed by atoms with Crippen molar-refractivity contribution in [3.05, 3.63) is 47.8 Å². The van der Waals surface area contributed by atoms with Crippen LogP contribution < -0.4 is 9.64 Å². The molecule has 3 aromatic rings. The first-order valence-electron chi connectivity index (χ1n) is 13.1. The molecule has 1 aromatic carbocycles. The van der Waals surface area contributed by atoms with Crippen LogP contribution in [0.4, 0.5) is 5.82 Å². The molecular formula is C27H33N5O5. The molecule has 196 valence electrons. The summed E-state index contributed by atoms with van der Waals surface area (Å²) in [6.07, 6.45) is 2.17. The van der Waals surface area contributed by atoms with Gasteiger partial charge in [0, 0.05) is 44.8 Å². The third-order valence-corrected chi connectivity index (χ3v) is 7.51. The molecule has 3 aliphatic rings. The summed E-state index contributed by atoms with van der Waals surface area (Å²) in [4.78, 5) is 25.9. The highest BCUT2D eigenvalue weighted by atomic mass is 16.5. The number of nitrogens with zero attached hydrogens (tertiary/aromatic N) is 5. The number of carboxylic acid groups (broad SMARTS) is 1. The molecule has 3 aliphatic heterocycles. The molecule has 3 fully saturated rings. The molecule has 37 heavy (non-hydrogen) atoms. The van der Waals surface area contributed by atoms with Gasteiger partial charge in [0.15, 0.2) is 0 Å². The van der Waals surface area contributed by atoms with Crippen molar-refractivity contribution in [3.63, 3.8) is 0 Å². The first-order valence-corrected chi connectivity index (χ1v) is 13.1. The van der Waals surface area contributed by atoms with E-state index in [1.807, 2.05) is 18.2 Å². The summed E-state index contributed by atoms with van der Waals surface area (Å²) in [6, 6.07) is 11.1. The average Bonchev–Trinajstić information content (AvgIpc) is 3.19. The number of fused-ring (bicyclic) bond motifs is 1. The van der Waals surface area contributed by atoms with Gasteiger partial charge in [-0.05, 0) is 37.1 Å². The maximum Gasteiger partial charge on any atom is 0.335 e. The molecule has 3 saturated heterocycles. The Morgan fingerprint density at radius 3 is 2.65 bits per heavy atom. The third-order valence-electron chi connectivity index (χ3n) is 7.51. The SMILES string of the molecule is O=C(O)c1ccc2nc(CN3CCN(c4cccc(OCCC5COC5)n4)CC3)n(CC3CCO3)c2c1. The Morgan fingerprint density at radius 2 is 1.95 bits per heavy atom. The first-order chi connectivity index (χ1) is 18.1. The van der Waals surface area contributed by atoms with E-state index in [1.54, 1.807) is 18.2 Å². The van der Waals surface area contributed by atoms with E-state index in [1.165, 1.54) is 0 Å². The van der Waals surface area contributed by atoms with Gasteiger partial charge in [0.05, 0.1) is 55.6 Å². The zero-order valence-electron chi connectivity index (χ0n) is 20.9. The Kier molecular flexibility index (Phi) is 6.95. The molecule has 0 saturated carbocycles. The summed E-state index contributed by atoms with van der Waals surface area (Å²) in [7, 11) is 0. The van der Waals surface area contributed by atoms with Crippen LogP contribution in [0.3, 0.4) is 0 Å². The molecule has 1 unspecified atom stereocenters. The largest absolute Gasteiger partial charge is 0.478 e. The van der Waals surface area contributed by atoms with Gasteiger partial charge in [-0.1, -0.05) is 6.07 Å². The fourth-order valence-electron chi connectivity index (χ4n) is 5.04. The third kappa shape index (κ3) is 5.41. The molecule has 0 spiro atoms. The zero-order chi connectivity index (χ0) is 25.2. The topological polar surface area (TPSA) is 102 Å². The molecule has 0 radical (unpaired) electrons. The van der Waals surface area contributed by atoms with Crippen molar-refractivity contribution in [3.8, 4) is 5.88 Å². The van der Waals surface area contributed by atoms with Crippen LogP contribution in [0.15, 0.2) is 36.4 Å². The van der Waals surface area contributed by atoms with E-state index in [0.717, 1.165) is 81.5 Å². The van der Waals surface area contributed by atoms with Gasteiger partial charge in [0.25, 0.3) is 0 Å². The van der Waals surface area contributed by atoms with E-state index < -0.39 is 5.97 Å². The van der Waals surface area contributed by atoms with E-state index in [2.05, 4.69) is 14.4 Å². The van der Waals surface area contributed by atoms with Crippen LogP contribution in [0.1, 0.15) is 29.0 Å². The van der Waals surface area contributed by atoms with Gasteiger partial charge in [0.2, 0.25) is 5.88 Å². The number of rotatable bonds is 10. The summed E-state index contributed by atoms with van der Waals surface area (Å²) >= 11 is 0. The van der Waals surface area contributed by atoms with Crippen molar-refractivity contribution < 1.29 is 24.1 Å². The minimum Gasteiger partial charge on any atom is -0.478 e. The van der Waals surface area contributed by atoms with Gasteiger partial charge in [-0.3, -0.25) is 4.90 Å². The summed E-state index contributed by atoms with van der Waals surface area (Å²) < 4.78 is 19.0. The maximum absolute atomic E-state index is 11.5. The van der Waals surface area contributed by atoms with Crippen molar-refractivity contribution in [2.75, 3.05) is 57.5 Å². The minimum absolute atomic E-state index is 0.157. The van der Waals surface area contributed by atoms with E-state index in [9.17, 15) is 9.90 Å². The van der Waals surface area contributed by atoms with E-state index in [4.69, 9.17) is 24.2 Å². The highest BCUT2D eigenvalue weighted by Crippen LogP contribution is 2.24. The van der Waals surface area contributed by atoms with Gasteiger partial charge in [0.1, 0.15) is 11.6 Å². The Labute approximate surface area is 215 Å². The maximum atomic E-state index is 11.5. The number of carboxylic acids is 1. The van der Waals surface area contributed by atoms with Gasteiger partial charge >= 0.3 is 5.97 Å². The van der Waals surface area contributed by atoms with Crippen LogP contribution in [0.2, 0.25) is 0 Å². The zero-order valence-corrected chi connectivity index (χ0v) is 20.9. The molecular weight excluding hydrogens is 474 g/mol. The Hall–Kier alpha value is -3.21. The number of anilines is 1. The predicted octanol–water partition coefficient (Wildman–Crippen LogP) is 2.66. The predicted molar refractivity (Wildman–Crippen MR) is 137 cm³/mol. The van der Waals surface area contributed by atoms with E-state index >= 15 is 0 Å². The number of benzene rings is 1. The average molecular weight is 508 g/mol. The quantitative estimate of drug-likeness (QED) is 0.444. The lowest BCUT2D eigenvalue weighted by Gasteiger charge is -2.35. The summed E-state index contributed by atoms with van der Waals surface area (Å²) in [5, 5.41) is 9.47. The fraction of sp³-hybridized carbons (Fsp3) is 0.519. The lowest BCUT2D eigenvalue weighted by molar-refractivity contribution is -0.0592. The second-order valence-electron chi connectivity index (χ2n) is 10.1. The lowest BCUT2D eigenvalue weighted by Crippen LogP contribution is -2.46. The number of aromatic carboxylic acids is 1. The first kappa shape index (κ1) is 24.1.